The second-order valence-electron chi connectivity index (χ2n) is 3.77. The summed E-state index contributed by atoms with van der Waals surface area (Å²) >= 11 is 0. The molecular weight excluding hydrogens is 287 g/mol. The third-order valence-electron chi connectivity index (χ3n) is 2.59. The zero-order chi connectivity index (χ0) is 15.5. The Morgan fingerprint density at radius 1 is 1.40 bits per heavy atom. The number of nitrogens with two attached hydrogens (primary N) is 1. The first-order chi connectivity index (χ1) is 9.22. The van der Waals surface area contributed by atoms with Gasteiger partial charge in [-0.15, -0.1) is 0 Å². The lowest BCUT2D eigenvalue weighted by Gasteiger charge is -2.17. The molecule has 4 nitrogen and oxygen atoms in total. The van der Waals surface area contributed by atoms with E-state index in [0.29, 0.717) is 6.20 Å². The topological polar surface area (TPSA) is 65.2 Å². The molecule has 0 saturated heterocycles. The molecule has 0 unspecified atom stereocenters. The third-order valence-corrected chi connectivity index (χ3v) is 2.59. The summed E-state index contributed by atoms with van der Waals surface area (Å²) in [5.41, 5.74) is 1.95. The van der Waals surface area contributed by atoms with Crippen LogP contribution in [0.15, 0.2) is 6.20 Å². The first kappa shape index (κ1) is 16.3. The normalized spacial score (nSPS) is 11.8. The molecule has 0 aliphatic carbocycles. The molecule has 1 rings (SSSR count). The van der Waals surface area contributed by atoms with Crippen molar-refractivity contribution in [1.29, 1.82) is 0 Å². The highest BCUT2D eigenvalue weighted by Crippen LogP contribution is 2.35. The lowest BCUT2D eigenvalue weighted by atomic mass is 9.98. The predicted octanol–water partition coefficient (Wildman–Crippen LogP) is 2.21. The number of hydrogen-bond donors (Lipinski definition) is 1. The summed E-state index contributed by atoms with van der Waals surface area (Å²) in [6.45, 7) is -0.672. The maximum atomic E-state index is 12.8. The lowest BCUT2D eigenvalue weighted by molar-refractivity contribution is -0.143. The standard InChI is InChI=1S/C11H11F5N2O2/c1-20-8(19)2-5-6(3-17)9(11(14,15)16)18-4-7(5)10(12)13/h4,10H,2-3,17H2,1H3. The van der Waals surface area contributed by atoms with Gasteiger partial charge in [0.05, 0.1) is 13.5 Å². The number of carbonyl (C=O) groups excluding carboxylic acids is 1. The Bertz CT molecular complexity index is 502. The van der Waals surface area contributed by atoms with Gasteiger partial charge in [0.15, 0.2) is 0 Å². The number of nitrogens with zero attached hydrogens (tertiary/aromatic N) is 1. The van der Waals surface area contributed by atoms with Gasteiger partial charge < -0.3 is 10.5 Å². The molecule has 20 heavy (non-hydrogen) atoms. The van der Waals surface area contributed by atoms with Crippen molar-refractivity contribution in [2.75, 3.05) is 7.11 Å². The minimum Gasteiger partial charge on any atom is -0.469 e. The monoisotopic (exact) mass is 298 g/mol. The molecule has 0 aliphatic rings. The van der Waals surface area contributed by atoms with Crippen molar-refractivity contribution in [3.05, 3.63) is 28.6 Å². The lowest BCUT2D eigenvalue weighted by Crippen LogP contribution is -2.20. The maximum absolute atomic E-state index is 12.8. The Morgan fingerprint density at radius 3 is 2.40 bits per heavy atom. The molecular formula is C11H11F5N2O2. The van der Waals surface area contributed by atoms with Gasteiger partial charge in [-0.05, 0) is 5.56 Å². The summed E-state index contributed by atoms with van der Waals surface area (Å²) in [6, 6.07) is 0. The number of halogens is 5. The number of rotatable bonds is 4. The van der Waals surface area contributed by atoms with E-state index >= 15 is 0 Å². The van der Waals surface area contributed by atoms with Crippen molar-refractivity contribution in [3.63, 3.8) is 0 Å². The van der Waals surface area contributed by atoms with Gasteiger partial charge >= 0.3 is 12.1 Å². The maximum Gasteiger partial charge on any atom is 0.433 e. The zero-order valence-corrected chi connectivity index (χ0v) is 10.3. The average Bonchev–Trinajstić information content (AvgIpc) is 2.36. The number of hydrogen-bond acceptors (Lipinski definition) is 4. The van der Waals surface area contributed by atoms with Crippen LogP contribution in [-0.2, 0) is 28.7 Å². The molecule has 1 aromatic heterocycles. The average molecular weight is 298 g/mol. The van der Waals surface area contributed by atoms with Crippen LogP contribution >= 0.6 is 0 Å². The van der Waals surface area contributed by atoms with Gasteiger partial charge in [-0.3, -0.25) is 9.78 Å². The Hall–Kier alpha value is -1.77. The van der Waals surface area contributed by atoms with Crippen LogP contribution in [-0.4, -0.2) is 18.1 Å². The first-order valence-corrected chi connectivity index (χ1v) is 5.35. The third kappa shape index (κ3) is 3.41. The summed E-state index contributed by atoms with van der Waals surface area (Å²) in [4.78, 5) is 14.2. The summed E-state index contributed by atoms with van der Waals surface area (Å²) in [5.74, 6) is -0.944. The fourth-order valence-electron chi connectivity index (χ4n) is 1.68. The van der Waals surface area contributed by atoms with E-state index in [4.69, 9.17) is 5.73 Å². The van der Waals surface area contributed by atoms with Crippen LogP contribution in [0, 0.1) is 0 Å². The van der Waals surface area contributed by atoms with Crippen molar-refractivity contribution in [2.45, 2.75) is 25.6 Å². The Labute approximate surface area is 110 Å². The van der Waals surface area contributed by atoms with Crippen LogP contribution < -0.4 is 5.73 Å². The van der Waals surface area contributed by atoms with E-state index in [1.54, 1.807) is 0 Å². The Kier molecular flexibility index (Phi) is 4.98. The number of methoxy groups -OCH3 is 1. The number of ether oxygens (including phenoxy) is 1. The molecule has 112 valence electrons. The van der Waals surface area contributed by atoms with Gasteiger partial charge in [0.2, 0.25) is 0 Å². The first-order valence-electron chi connectivity index (χ1n) is 5.35. The van der Waals surface area contributed by atoms with Crippen molar-refractivity contribution >= 4 is 5.97 Å². The van der Waals surface area contributed by atoms with Crippen molar-refractivity contribution < 1.29 is 31.5 Å². The summed E-state index contributed by atoms with van der Waals surface area (Å²) in [5, 5.41) is 0. The molecule has 9 heteroatoms. The van der Waals surface area contributed by atoms with Gasteiger partial charge in [-0.25, -0.2) is 8.78 Å². The van der Waals surface area contributed by atoms with Gasteiger partial charge in [-0.1, -0.05) is 0 Å². The van der Waals surface area contributed by atoms with Gasteiger partial charge in [0.25, 0.3) is 6.43 Å². The van der Waals surface area contributed by atoms with E-state index in [1.807, 2.05) is 0 Å². The van der Waals surface area contributed by atoms with Gasteiger partial charge in [0.1, 0.15) is 5.69 Å². The van der Waals surface area contributed by atoms with Crippen LogP contribution in [0.5, 0.6) is 0 Å². The van der Waals surface area contributed by atoms with Crippen LogP contribution in [0.1, 0.15) is 28.8 Å². The van der Waals surface area contributed by atoms with E-state index in [2.05, 4.69) is 9.72 Å². The van der Waals surface area contributed by atoms with Crippen LogP contribution in [0.2, 0.25) is 0 Å². The van der Waals surface area contributed by atoms with E-state index in [9.17, 15) is 26.7 Å². The Morgan fingerprint density at radius 2 is 2.00 bits per heavy atom. The van der Waals surface area contributed by atoms with E-state index in [0.717, 1.165) is 7.11 Å². The highest BCUT2D eigenvalue weighted by atomic mass is 19.4. The largest absolute Gasteiger partial charge is 0.469 e. The summed E-state index contributed by atoms with van der Waals surface area (Å²) in [7, 11) is 0.998. The number of esters is 1. The molecule has 0 saturated carbocycles. The van der Waals surface area contributed by atoms with Crippen LogP contribution in [0.25, 0.3) is 0 Å². The minimum atomic E-state index is -4.85. The van der Waals surface area contributed by atoms with Crippen molar-refractivity contribution in [3.8, 4) is 0 Å². The molecule has 0 amide bonds. The molecule has 0 bridgehead atoms. The summed E-state index contributed by atoms with van der Waals surface area (Å²) < 4.78 is 68.1. The SMILES string of the molecule is COC(=O)Cc1c(C(F)F)cnc(C(F)(F)F)c1CN. The molecule has 1 aromatic rings. The number of carbonyl (C=O) groups is 1. The number of aromatic nitrogens is 1. The number of pyridine rings is 1. The molecule has 0 atom stereocenters. The highest BCUT2D eigenvalue weighted by Gasteiger charge is 2.37. The van der Waals surface area contributed by atoms with E-state index in [1.165, 1.54) is 0 Å². The smallest absolute Gasteiger partial charge is 0.433 e. The molecule has 0 fully saturated rings. The van der Waals surface area contributed by atoms with E-state index in [-0.39, 0.29) is 0 Å². The zero-order valence-electron chi connectivity index (χ0n) is 10.3. The molecule has 2 N–H and O–H groups in total. The minimum absolute atomic E-state index is 0.408. The fourth-order valence-corrected chi connectivity index (χ4v) is 1.68. The van der Waals surface area contributed by atoms with Crippen LogP contribution in [0.3, 0.4) is 0 Å². The highest BCUT2D eigenvalue weighted by molar-refractivity contribution is 5.73. The molecule has 0 spiro atoms. The second-order valence-corrected chi connectivity index (χ2v) is 3.77. The van der Waals surface area contributed by atoms with Gasteiger partial charge in [0, 0.05) is 23.9 Å². The second kappa shape index (κ2) is 6.12. The summed E-state index contributed by atoms with van der Waals surface area (Å²) in [6.07, 6.45) is -8.24. The molecule has 1 heterocycles. The van der Waals surface area contributed by atoms with Crippen molar-refractivity contribution in [2.24, 2.45) is 5.73 Å². The Balaban J connectivity index is 3.50. The number of alkyl halides is 5. The molecule has 0 radical (unpaired) electrons. The van der Waals surface area contributed by atoms with E-state index < -0.39 is 53.9 Å². The quantitative estimate of drug-likeness (QED) is 0.683. The molecule has 0 aromatic carbocycles. The fraction of sp³-hybridized carbons (Fsp3) is 0.455. The predicted molar refractivity (Wildman–Crippen MR) is 57.8 cm³/mol. The van der Waals surface area contributed by atoms with Gasteiger partial charge in [-0.2, -0.15) is 13.2 Å². The van der Waals surface area contributed by atoms with Crippen molar-refractivity contribution in [1.82, 2.24) is 4.98 Å². The molecule has 0 aliphatic heterocycles. The van der Waals surface area contributed by atoms with Crippen LogP contribution in [0.4, 0.5) is 22.0 Å².